The number of aryl methyl sites for hydroxylation is 1. The molecule has 3 heterocycles. The molecule has 3 fully saturated rings. The van der Waals surface area contributed by atoms with Crippen LogP contribution in [0.15, 0.2) is 16.5 Å². The molecular formula is C15H20N2O4S. The van der Waals surface area contributed by atoms with Gasteiger partial charge in [-0.15, -0.1) is 0 Å². The van der Waals surface area contributed by atoms with Gasteiger partial charge in [0.15, 0.2) is 5.76 Å². The number of fused-ring (bicyclic) bond motifs is 1. The number of hydrogen-bond acceptors (Lipinski definition) is 4. The molecule has 0 spiro atoms. The van der Waals surface area contributed by atoms with E-state index in [-0.39, 0.29) is 23.2 Å². The van der Waals surface area contributed by atoms with E-state index >= 15 is 0 Å². The fourth-order valence-electron chi connectivity index (χ4n) is 3.76. The fraction of sp³-hybridized carbons (Fsp3) is 0.667. The molecule has 3 aliphatic rings. The highest BCUT2D eigenvalue weighted by atomic mass is 32.2. The van der Waals surface area contributed by atoms with Crippen molar-refractivity contribution in [3.63, 3.8) is 0 Å². The number of likely N-dealkylation sites (tertiary alicyclic amines) is 1. The van der Waals surface area contributed by atoms with Gasteiger partial charge in [-0.05, 0) is 44.7 Å². The standard InChI is InChI=1S/C15H20N2O4S/c1-10-2-5-14(21-10)15(18)16-8-6-13-12(16)7-9-17(13)22(19,20)11-3-4-11/h2,5,11-13H,3-4,6-9H2,1H3/t12-,13+/m0/s1. The van der Waals surface area contributed by atoms with Crippen molar-refractivity contribution >= 4 is 15.9 Å². The van der Waals surface area contributed by atoms with E-state index in [4.69, 9.17) is 4.42 Å². The molecule has 4 rings (SSSR count). The summed E-state index contributed by atoms with van der Waals surface area (Å²) in [5.74, 6) is 0.941. The minimum atomic E-state index is -3.16. The van der Waals surface area contributed by atoms with Crippen molar-refractivity contribution in [3.8, 4) is 0 Å². The molecule has 7 heteroatoms. The minimum absolute atomic E-state index is 0.00793. The molecule has 6 nitrogen and oxygen atoms in total. The van der Waals surface area contributed by atoms with Gasteiger partial charge in [0.05, 0.1) is 11.3 Å². The topological polar surface area (TPSA) is 70.8 Å². The van der Waals surface area contributed by atoms with Crippen molar-refractivity contribution in [2.24, 2.45) is 0 Å². The van der Waals surface area contributed by atoms with E-state index in [0.29, 0.717) is 24.6 Å². The van der Waals surface area contributed by atoms with Crippen LogP contribution in [0, 0.1) is 6.92 Å². The normalized spacial score (nSPS) is 29.0. The van der Waals surface area contributed by atoms with Crippen molar-refractivity contribution in [1.82, 2.24) is 9.21 Å². The zero-order chi connectivity index (χ0) is 15.5. The largest absolute Gasteiger partial charge is 0.456 e. The quantitative estimate of drug-likeness (QED) is 0.842. The van der Waals surface area contributed by atoms with Crippen LogP contribution in [-0.2, 0) is 10.0 Å². The number of nitrogens with zero attached hydrogens (tertiary/aromatic N) is 2. The molecule has 1 aliphatic carbocycles. The van der Waals surface area contributed by atoms with Crippen LogP contribution in [0.5, 0.6) is 0 Å². The maximum Gasteiger partial charge on any atom is 0.289 e. The highest BCUT2D eigenvalue weighted by Crippen LogP contribution is 2.39. The summed E-state index contributed by atoms with van der Waals surface area (Å²) in [6, 6.07) is 3.41. The first-order chi connectivity index (χ1) is 10.5. The molecule has 0 unspecified atom stereocenters. The Labute approximate surface area is 130 Å². The number of carbonyl (C=O) groups excluding carboxylic acids is 1. The zero-order valence-electron chi connectivity index (χ0n) is 12.6. The molecule has 2 saturated heterocycles. The van der Waals surface area contributed by atoms with E-state index in [1.54, 1.807) is 21.3 Å². The molecule has 1 saturated carbocycles. The zero-order valence-corrected chi connectivity index (χ0v) is 13.4. The van der Waals surface area contributed by atoms with Gasteiger partial charge in [-0.2, -0.15) is 4.31 Å². The van der Waals surface area contributed by atoms with Gasteiger partial charge in [-0.1, -0.05) is 0 Å². The van der Waals surface area contributed by atoms with E-state index < -0.39 is 10.0 Å². The van der Waals surface area contributed by atoms with Crippen LogP contribution in [0.4, 0.5) is 0 Å². The summed E-state index contributed by atoms with van der Waals surface area (Å²) >= 11 is 0. The van der Waals surface area contributed by atoms with Gasteiger partial charge in [-0.3, -0.25) is 4.79 Å². The number of hydrogen-bond donors (Lipinski definition) is 0. The predicted molar refractivity (Wildman–Crippen MR) is 79.9 cm³/mol. The van der Waals surface area contributed by atoms with Crippen molar-refractivity contribution in [3.05, 3.63) is 23.7 Å². The van der Waals surface area contributed by atoms with Crippen LogP contribution in [0.25, 0.3) is 0 Å². The molecule has 22 heavy (non-hydrogen) atoms. The Bertz CT molecular complexity index is 707. The lowest BCUT2D eigenvalue weighted by molar-refractivity contribution is 0.0701. The number of rotatable bonds is 3. The second-order valence-corrected chi connectivity index (χ2v) is 8.64. The molecule has 1 aromatic rings. The molecule has 120 valence electrons. The highest BCUT2D eigenvalue weighted by molar-refractivity contribution is 7.90. The van der Waals surface area contributed by atoms with Crippen LogP contribution < -0.4 is 0 Å². The van der Waals surface area contributed by atoms with E-state index in [9.17, 15) is 13.2 Å². The number of furan rings is 1. The Balaban J connectivity index is 1.54. The number of carbonyl (C=O) groups is 1. The second kappa shape index (κ2) is 4.83. The third-order valence-electron chi connectivity index (χ3n) is 5.01. The lowest BCUT2D eigenvalue weighted by Gasteiger charge is -2.24. The average molecular weight is 324 g/mol. The van der Waals surface area contributed by atoms with Gasteiger partial charge in [0.1, 0.15) is 5.76 Å². The Morgan fingerprint density at radius 2 is 1.86 bits per heavy atom. The summed E-state index contributed by atoms with van der Waals surface area (Å²) in [5.41, 5.74) is 0. The predicted octanol–water partition coefficient (Wildman–Crippen LogP) is 1.37. The Hall–Kier alpha value is -1.34. The van der Waals surface area contributed by atoms with Gasteiger partial charge in [0, 0.05) is 19.1 Å². The van der Waals surface area contributed by atoms with E-state index in [2.05, 4.69) is 0 Å². The Morgan fingerprint density at radius 3 is 2.50 bits per heavy atom. The molecule has 2 atom stereocenters. The first-order valence-electron chi connectivity index (χ1n) is 7.86. The summed E-state index contributed by atoms with van der Waals surface area (Å²) in [6.45, 7) is 2.95. The first-order valence-corrected chi connectivity index (χ1v) is 9.37. The van der Waals surface area contributed by atoms with Crippen molar-refractivity contribution in [1.29, 1.82) is 0 Å². The highest BCUT2D eigenvalue weighted by Gasteiger charge is 2.52. The second-order valence-electron chi connectivity index (χ2n) is 6.48. The van der Waals surface area contributed by atoms with Gasteiger partial charge in [0.2, 0.25) is 10.0 Å². The molecular weight excluding hydrogens is 304 g/mol. The lowest BCUT2D eigenvalue weighted by atomic mass is 10.1. The summed E-state index contributed by atoms with van der Waals surface area (Å²) in [4.78, 5) is 14.4. The van der Waals surface area contributed by atoms with Gasteiger partial charge in [-0.25, -0.2) is 8.42 Å². The lowest BCUT2D eigenvalue weighted by Crippen LogP contribution is -2.42. The van der Waals surface area contributed by atoms with E-state index in [0.717, 1.165) is 25.7 Å². The van der Waals surface area contributed by atoms with Crippen LogP contribution >= 0.6 is 0 Å². The Morgan fingerprint density at radius 1 is 1.14 bits per heavy atom. The van der Waals surface area contributed by atoms with Crippen LogP contribution in [0.1, 0.15) is 42.0 Å². The summed E-state index contributed by atoms with van der Waals surface area (Å²) < 4.78 is 32.1. The van der Waals surface area contributed by atoms with Gasteiger partial charge < -0.3 is 9.32 Å². The average Bonchev–Trinajstić information content (AvgIpc) is 2.92. The third kappa shape index (κ3) is 2.10. The maximum absolute atomic E-state index is 12.6. The molecule has 2 aliphatic heterocycles. The minimum Gasteiger partial charge on any atom is -0.456 e. The molecule has 1 amide bonds. The van der Waals surface area contributed by atoms with E-state index in [1.807, 2.05) is 6.92 Å². The van der Waals surface area contributed by atoms with Crippen LogP contribution in [-0.4, -0.2) is 54.0 Å². The van der Waals surface area contributed by atoms with Crippen molar-refractivity contribution < 1.29 is 17.6 Å². The van der Waals surface area contributed by atoms with Gasteiger partial charge >= 0.3 is 0 Å². The number of amides is 1. The molecule has 0 aromatic carbocycles. The SMILES string of the molecule is Cc1ccc(C(=O)N2CC[C@@H]3[C@@H]2CCN3S(=O)(=O)C2CC2)o1. The molecule has 0 N–H and O–H groups in total. The van der Waals surface area contributed by atoms with Crippen molar-refractivity contribution in [2.45, 2.75) is 49.9 Å². The summed E-state index contributed by atoms with van der Waals surface area (Å²) in [6.07, 6.45) is 3.01. The van der Waals surface area contributed by atoms with Gasteiger partial charge in [0.25, 0.3) is 5.91 Å². The molecule has 0 bridgehead atoms. The summed E-state index contributed by atoms with van der Waals surface area (Å²) in [7, 11) is -3.16. The fourth-order valence-corrected chi connectivity index (χ4v) is 5.86. The van der Waals surface area contributed by atoms with Crippen LogP contribution in [0.2, 0.25) is 0 Å². The smallest absolute Gasteiger partial charge is 0.289 e. The summed E-state index contributed by atoms with van der Waals surface area (Å²) in [5, 5.41) is -0.177. The molecule has 1 aromatic heterocycles. The maximum atomic E-state index is 12.6. The van der Waals surface area contributed by atoms with E-state index in [1.165, 1.54) is 0 Å². The first kappa shape index (κ1) is 14.3. The monoisotopic (exact) mass is 324 g/mol. The molecule has 0 radical (unpaired) electrons. The van der Waals surface area contributed by atoms with Crippen LogP contribution in [0.3, 0.4) is 0 Å². The third-order valence-corrected chi connectivity index (χ3v) is 7.43. The van der Waals surface area contributed by atoms with Crippen molar-refractivity contribution in [2.75, 3.05) is 13.1 Å². The Kier molecular flexibility index (Phi) is 3.13. The number of sulfonamides is 1.